The van der Waals surface area contributed by atoms with Gasteiger partial charge >= 0.3 is 0 Å². The zero-order valence-corrected chi connectivity index (χ0v) is 21.7. The molecule has 1 aliphatic heterocycles. The third-order valence-electron chi connectivity index (χ3n) is 6.97. The Bertz CT molecular complexity index is 1250. The minimum atomic E-state index is -3.93. The number of amides is 1. The lowest BCUT2D eigenvalue weighted by molar-refractivity contribution is 0.0563. The highest BCUT2D eigenvalue weighted by atomic mass is 32.2. The molecule has 0 saturated heterocycles. The zero-order chi connectivity index (χ0) is 26.0. The second-order valence-corrected chi connectivity index (χ2v) is 11.6. The third kappa shape index (κ3) is 5.33. The number of aliphatic hydroxyl groups excluding tert-OH is 1. The Labute approximate surface area is 212 Å². The van der Waals surface area contributed by atoms with Crippen LogP contribution >= 0.6 is 0 Å². The summed E-state index contributed by atoms with van der Waals surface area (Å²) >= 11 is 0. The number of aliphatic hydroxyl groups is 1. The lowest BCUT2D eigenvalue weighted by Gasteiger charge is -2.37. The average molecular weight is 517 g/mol. The van der Waals surface area contributed by atoms with Crippen molar-refractivity contribution in [2.75, 3.05) is 26.7 Å². The van der Waals surface area contributed by atoms with Crippen molar-refractivity contribution in [1.29, 1.82) is 0 Å². The Morgan fingerprint density at radius 1 is 1.25 bits per heavy atom. The molecule has 2 aliphatic rings. The van der Waals surface area contributed by atoms with E-state index in [9.17, 15) is 22.7 Å². The topological polar surface area (TPSA) is 87.2 Å². The van der Waals surface area contributed by atoms with Gasteiger partial charge in [0.15, 0.2) is 0 Å². The maximum Gasteiger partial charge on any atom is 0.253 e. The highest BCUT2D eigenvalue weighted by molar-refractivity contribution is 7.89. The number of nitrogens with zero attached hydrogens (tertiary/aromatic N) is 2. The Morgan fingerprint density at radius 3 is 2.61 bits per heavy atom. The zero-order valence-electron chi connectivity index (χ0n) is 20.9. The van der Waals surface area contributed by atoms with Crippen LogP contribution in [-0.4, -0.2) is 67.5 Å². The van der Waals surface area contributed by atoms with Gasteiger partial charge in [-0.3, -0.25) is 4.79 Å². The van der Waals surface area contributed by atoms with E-state index in [0.717, 1.165) is 30.4 Å². The van der Waals surface area contributed by atoms with Crippen molar-refractivity contribution < 1.29 is 27.4 Å². The summed E-state index contributed by atoms with van der Waals surface area (Å²) in [6.07, 6.45) is 4.62. The summed E-state index contributed by atoms with van der Waals surface area (Å²) in [4.78, 5) is 14.5. The summed E-state index contributed by atoms with van der Waals surface area (Å²) in [5.41, 5.74) is 2.44. The number of ether oxygens (including phenoxy) is 1. The maximum atomic E-state index is 13.6. The second kappa shape index (κ2) is 10.7. The van der Waals surface area contributed by atoms with E-state index in [2.05, 4.69) is 6.08 Å². The molecule has 2 aromatic rings. The molecule has 2 aromatic carbocycles. The van der Waals surface area contributed by atoms with Gasteiger partial charge in [-0.25, -0.2) is 12.8 Å². The molecule has 0 unspecified atom stereocenters. The van der Waals surface area contributed by atoms with Gasteiger partial charge in [0, 0.05) is 31.1 Å². The van der Waals surface area contributed by atoms with Crippen molar-refractivity contribution >= 4 is 21.5 Å². The van der Waals surface area contributed by atoms with Crippen molar-refractivity contribution in [2.24, 2.45) is 5.92 Å². The minimum Gasteiger partial charge on any atom is -0.487 e. The monoisotopic (exact) mass is 516 g/mol. The van der Waals surface area contributed by atoms with Crippen molar-refractivity contribution in [2.45, 2.75) is 50.2 Å². The Morgan fingerprint density at radius 2 is 1.97 bits per heavy atom. The van der Waals surface area contributed by atoms with Crippen LogP contribution < -0.4 is 4.74 Å². The number of allylic oxidation sites excluding steroid dienone is 2. The van der Waals surface area contributed by atoms with Crippen LogP contribution in [0, 0.1) is 11.7 Å². The van der Waals surface area contributed by atoms with E-state index in [-0.39, 0.29) is 42.2 Å². The summed E-state index contributed by atoms with van der Waals surface area (Å²) in [5, 5.41) is 9.81. The van der Waals surface area contributed by atoms with Gasteiger partial charge in [0.1, 0.15) is 22.6 Å². The number of benzene rings is 2. The number of sulfonamides is 1. The first-order valence-corrected chi connectivity index (χ1v) is 13.7. The van der Waals surface area contributed by atoms with Crippen molar-refractivity contribution in [3.63, 3.8) is 0 Å². The van der Waals surface area contributed by atoms with E-state index in [1.54, 1.807) is 26.1 Å². The predicted molar refractivity (Wildman–Crippen MR) is 136 cm³/mol. The number of hydrogen-bond acceptors (Lipinski definition) is 5. The Balaban J connectivity index is 1.70. The standard InChI is InChI=1S/C27H33FN2O5S/c1-18-15-30(19(2)17-31)36(33,34)26-13-10-22(20-6-4-5-7-20)14-24(26)35-25(18)16-29(3)27(32)21-8-11-23(28)12-9-21/h6,8-14,18-19,25,31H,4-5,7,15-17H2,1-3H3/t18-,19-,25-/m1/s1. The molecule has 0 saturated carbocycles. The van der Waals surface area contributed by atoms with Crippen LogP contribution in [-0.2, 0) is 10.0 Å². The van der Waals surface area contributed by atoms with Crippen LogP contribution in [0.15, 0.2) is 53.4 Å². The molecule has 1 heterocycles. The summed E-state index contributed by atoms with van der Waals surface area (Å²) in [7, 11) is -2.28. The molecular formula is C27H33FN2O5S. The molecule has 36 heavy (non-hydrogen) atoms. The van der Waals surface area contributed by atoms with E-state index >= 15 is 0 Å². The third-order valence-corrected chi connectivity index (χ3v) is 8.99. The molecule has 4 rings (SSSR count). The van der Waals surface area contributed by atoms with Crippen LogP contribution in [0.25, 0.3) is 5.57 Å². The number of carbonyl (C=O) groups excluding carboxylic acids is 1. The summed E-state index contributed by atoms with van der Waals surface area (Å²) < 4.78 is 48.3. The number of carbonyl (C=O) groups is 1. The van der Waals surface area contributed by atoms with Crippen LogP contribution in [0.4, 0.5) is 4.39 Å². The molecule has 3 atom stereocenters. The highest BCUT2D eigenvalue weighted by Crippen LogP contribution is 2.37. The van der Waals surface area contributed by atoms with Crippen LogP contribution in [0.5, 0.6) is 5.75 Å². The number of hydrogen-bond donors (Lipinski definition) is 1. The fourth-order valence-corrected chi connectivity index (χ4v) is 6.57. The molecule has 0 radical (unpaired) electrons. The second-order valence-electron chi connectivity index (χ2n) is 9.72. The fraction of sp³-hybridized carbons (Fsp3) is 0.444. The van der Waals surface area contributed by atoms with Gasteiger partial charge < -0.3 is 14.7 Å². The van der Waals surface area contributed by atoms with Crippen LogP contribution in [0.1, 0.15) is 49.0 Å². The number of fused-ring (bicyclic) bond motifs is 1. The minimum absolute atomic E-state index is 0.0505. The number of halogens is 1. The van der Waals surface area contributed by atoms with Crippen LogP contribution in [0.3, 0.4) is 0 Å². The van der Waals surface area contributed by atoms with Gasteiger partial charge in [0.2, 0.25) is 10.0 Å². The van der Waals surface area contributed by atoms with Crippen molar-refractivity contribution in [3.05, 3.63) is 65.5 Å². The molecule has 9 heteroatoms. The van der Waals surface area contributed by atoms with Crippen LogP contribution in [0.2, 0.25) is 0 Å². The summed E-state index contributed by atoms with van der Waals surface area (Å²) in [6.45, 7) is 3.55. The number of rotatable bonds is 6. The lowest BCUT2D eigenvalue weighted by Crippen LogP contribution is -2.50. The quantitative estimate of drug-likeness (QED) is 0.629. The molecule has 0 spiro atoms. The Hall–Kier alpha value is -2.75. The first kappa shape index (κ1) is 26.3. The number of likely N-dealkylation sites (N-methyl/N-ethyl adjacent to an activating group) is 1. The van der Waals surface area contributed by atoms with E-state index in [1.807, 2.05) is 13.0 Å². The molecule has 1 amide bonds. The van der Waals surface area contributed by atoms with Gasteiger partial charge in [-0.05, 0) is 73.7 Å². The molecule has 0 fully saturated rings. The lowest BCUT2D eigenvalue weighted by atomic mass is 10.0. The predicted octanol–water partition coefficient (Wildman–Crippen LogP) is 3.93. The molecule has 0 aromatic heterocycles. The summed E-state index contributed by atoms with van der Waals surface area (Å²) in [6, 6.07) is 9.89. The van der Waals surface area contributed by atoms with Gasteiger partial charge in [-0.15, -0.1) is 0 Å². The normalized spacial score (nSPS) is 22.5. The van der Waals surface area contributed by atoms with Gasteiger partial charge in [-0.1, -0.05) is 19.1 Å². The van der Waals surface area contributed by atoms with Gasteiger partial charge in [0.05, 0.1) is 13.2 Å². The molecule has 0 bridgehead atoms. The first-order chi connectivity index (χ1) is 17.1. The molecule has 1 N–H and O–H groups in total. The maximum absolute atomic E-state index is 13.6. The highest BCUT2D eigenvalue weighted by Gasteiger charge is 2.38. The fourth-order valence-electron chi connectivity index (χ4n) is 4.74. The average Bonchev–Trinajstić information content (AvgIpc) is 3.40. The van der Waals surface area contributed by atoms with E-state index < -0.39 is 28.0 Å². The molecule has 194 valence electrons. The molecule has 7 nitrogen and oxygen atoms in total. The smallest absolute Gasteiger partial charge is 0.253 e. The van der Waals surface area contributed by atoms with E-state index in [1.165, 1.54) is 33.5 Å². The SMILES string of the molecule is C[C@@H]1CN([C@H](C)CO)S(=O)(=O)c2ccc(C3=CCCC3)cc2O[C@@H]1CN(C)C(=O)c1ccc(F)cc1. The summed E-state index contributed by atoms with van der Waals surface area (Å²) in [5.74, 6) is -0.754. The first-order valence-electron chi connectivity index (χ1n) is 12.3. The van der Waals surface area contributed by atoms with E-state index in [4.69, 9.17) is 4.74 Å². The largest absolute Gasteiger partial charge is 0.487 e. The van der Waals surface area contributed by atoms with Crippen molar-refractivity contribution in [3.8, 4) is 5.75 Å². The van der Waals surface area contributed by atoms with E-state index in [0.29, 0.717) is 5.56 Å². The van der Waals surface area contributed by atoms with Gasteiger partial charge in [0.25, 0.3) is 5.91 Å². The Kier molecular flexibility index (Phi) is 7.82. The molecular weight excluding hydrogens is 483 g/mol. The van der Waals surface area contributed by atoms with Crippen molar-refractivity contribution in [1.82, 2.24) is 9.21 Å². The van der Waals surface area contributed by atoms with Gasteiger partial charge in [-0.2, -0.15) is 4.31 Å². The molecule has 1 aliphatic carbocycles.